The summed E-state index contributed by atoms with van der Waals surface area (Å²) in [5.41, 5.74) is 0.962. The number of hydrogen-bond donors (Lipinski definition) is 1. The van der Waals surface area contributed by atoms with Crippen LogP contribution in [0.5, 0.6) is 0 Å². The molecule has 0 saturated carbocycles. The molecule has 0 aromatic carbocycles. The van der Waals surface area contributed by atoms with E-state index in [2.05, 4.69) is 0 Å². The summed E-state index contributed by atoms with van der Waals surface area (Å²) in [5.74, 6) is 0. The number of hydrogen-bond acceptors (Lipinski definition) is 3. The molecule has 1 rings (SSSR count). The zero-order valence-electron chi connectivity index (χ0n) is 8.16. The van der Waals surface area contributed by atoms with Gasteiger partial charge in [0.25, 0.3) is 0 Å². The zero-order valence-corrected chi connectivity index (χ0v) is 8.16. The molecule has 3 heteroatoms. The quantitative estimate of drug-likeness (QED) is 0.664. The molecule has 0 spiro atoms. The predicted molar refractivity (Wildman–Crippen MR) is 50.4 cm³/mol. The van der Waals surface area contributed by atoms with Crippen molar-refractivity contribution in [1.82, 2.24) is 0 Å². The smallest absolute Gasteiger partial charge is 0.179 e. The van der Waals surface area contributed by atoms with Crippen molar-refractivity contribution in [3.8, 4) is 0 Å². The van der Waals surface area contributed by atoms with Crippen LogP contribution in [0.3, 0.4) is 0 Å². The van der Waals surface area contributed by atoms with E-state index >= 15 is 0 Å². The maximum absolute atomic E-state index is 8.71. The zero-order chi connectivity index (χ0) is 9.52. The third kappa shape index (κ3) is 3.89. The predicted octanol–water partition coefficient (Wildman–Crippen LogP) is 1.47. The van der Waals surface area contributed by atoms with E-state index in [0.717, 1.165) is 31.6 Å². The Hall–Kier alpha value is -0.380. The minimum atomic E-state index is -0.243. The van der Waals surface area contributed by atoms with Gasteiger partial charge in [0, 0.05) is 0 Å². The molecule has 1 saturated heterocycles. The Morgan fingerprint density at radius 2 is 1.92 bits per heavy atom. The first-order chi connectivity index (χ1) is 6.34. The van der Waals surface area contributed by atoms with Crippen LogP contribution in [0.1, 0.15) is 26.2 Å². The second kappa shape index (κ2) is 6.13. The third-order valence-electron chi connectivity index (χ3n) is 2.11. The summed E-state index contributed by atoms with van der Waals surface area (Å²) in [6.45, 7) is 3.47. The summed E-state index contributed by atoms with van der Waals surface area (Å²) in [5, 5.41) is 8.71. The van der Waals surface area contributed by atoms with Crippen LogP contribution in [0.4, 0.5) is 0 Å². The molecule has 76 valence electrons. The molecular weight excluding hydrogens is 168 g/mol. The number of aliphatic hydroxyl groups excluding tert-OH is 1. The molecule has 0 atom stereocenters. The highest BCUT2D eigenvalue weighted by Gasteiger charge is 2.12. The van der Waals surface area contributed by atoms with Gasteiger partial charge >= 0.3 is 0 Å². The average molecular weight is 186 g/mol. The molecule has 3 nitrogen and oxygen atoms in total. The van der Waals surface area contributed by atoms with E-state index in [9.17, 15) is 0 Å². The lowest BCUT2D eigenvalue weighted by Gasteiger charge is -2.21. The first-order valence-corrected chi connectivity index (χ1v) is 4.85. The normalized spacial score (nSPS) is 22.5. The number of ether oxygens (including phenoxy) is 2. The first-order valence-electron chi connectivity index (χ1n) is 4.85. The summed E-state index contributed by atoms with van der Waals surface area (Å²) < 4.78 is 11.0. The molecule has 0 aromatic rings. The van der Waals surface area contributed by atoms with Crippen molar-refractivity contribution in [2.24, 2.45) is 0 Å². The van der Waals surface area contributed by atoms with Gasteiger partial charge in [-0.15, -0.1) is 0 Å². The Bertz CT molecular complexity index is 158. The Balaban J connectivity index is 2.40. The highest BCUT2D eigenvalue weighted by molar-refractivity contribution is 5.01. The standard InChI is InChI=1S/C10H18O3/c1-9(5-6-11)10-12-7-3-2-4-8-13-10/h5,10-11H,2-4,6-8H2,1H3/b9-5+. The molecule has 0 radical (unpaired) electrons. The molecule has 1 aliphatic heterocycles. The maximum Gasteiger partial charge on any atom is 0.179 e. The van der Waals surface area contributed by atoms with Crippen molar-refractivity contribution in [3.63, 3.8) is 0 Å². The Morgan fingerprint density at radius 3 is 2.46 bits per heavy atom. The van der Waals surface area contributed by atoms with Crippen LogP contribution < -0.4 is 0 Å². The summed E-state index contributed by atoms with van der Waals surface area (Å²) in [7, 11) is 0. The Kier molecular flexibility index (Phi) is 5.05. The largest absolute Gasteiger partial charge is 0.392 e. The van der Waals surface area contributed by atoms with E-state index in [0.29, 0.717) is 0 Å². The van der Waals surface area contributed by atoms with Crippen LogP contribution in [0.2, 0.25) is 0 Å². The van der Waals surface area contributed by atoms with Gasteiger partial charge in [-0.3, -0.25) is 0 Å². The van der Waals surface area contributed by atoms with Crippen LogP contribution in [0, 0.1) is 0 Å². The molecule has 1 N–H and O–H groups in total. The fourth-order valence-corrected chi connectivity index (χ4v) is 1.31. The van der Waals surface area contributed by atoms with Crippen molar-refractivity contribution in [2.75, 3.05) is 19.8 Å². The summed E-state index contributed by atoms with van der Waals surface area (Å²) in [4.78, 5) is 0. The molecule has 0 aromatic heterocycles. The third-order valence-corrected chi connectivity index (χ3v) is 2.11. The second-order valence-corrected chi connectivity index (χ2v) is 3.26. The molecular formula is C10H18O3. The minimum absolute atomic E-state index is 0.0506. The highest BCUT2D eigenvalue weighted by Crippen LogP contribution is 2.13. The summed E-state index contributed by atoms with van der Waals surface area (Å²) in [6.07, 6.45) is 4.87. The summed E-state index contributed by atoms with van der Waals surface area (Å²) >= 11 is 0. The van der Waals surface area contributed by atoms with Crippen LogP contribution in [-0.4, -0.2) is 31.2 Å². The molecule has 1 heterocycles. The fourth-order valence-electron chi connectivity index (χ4n) is 1.31. The fraction of sp³-hybridized carbons (Fsp3) is 0.800. The van der Waals surface area contributed by atoms with E-state index in [1.54, 1.807) is 6.08 Å². The molecule has 0 bridgehead atoms. The van der Waals surface area contributed by atoms with Gasteiger partial charge in [-0.2, -0.15) is 0 Å². The van der Waals surface area contributed by atoms with Gasteiger partial charge in [-0.25, -0.2) is 0 Å². The Labute approximate surface area is 79.3 Å². The van der Waals surface area contributed by atoms with Gasteiger partial charge in [0.2, 0.25) is 0 Å². The maximum atomic E-state index is 8.71. The van der Waals surface area contributed by atoms with Crippen molar-refractivity contribution >= 4 is 0 Å². The molecule has 0 amide bonds. The molecule has 13 heavy (non-hydrogen) atoms. The monoisotopic (exact) mass is 186 g/mol. The van der Waals surface area contributed by atoms with E-state index < -0.39 is 0 Å². The van der Waals surface area contributed by atoms with E-state index in [4.69, 9.17) is 14.6 Å². The van der Waals surface area contributed by atoms with Crippen LogP contribution in [0.15, 0.2) is 11.6 Å². The lowest BCUT2D eigenvalue weighted by molar-refractivity contribution is -0.128. The lowest BCUT2D eigenvalue weighted by Crippen LogP contribution is -2.22. The van der Waals surface area contributed by atoms with Gasteiger partial charge in [-0.1, -0.05) is 6.08 Å². The SMILES string of the molecule is C/C(=C\CO)C1OCCCCCO1. The number of aliphatic hydroxyl groups is 1. The second-order valence-electron chi connectivity index (χ2n) is 3.26. The van der Waals surface area contributed by atoms with Crippen molar-refractivity contribution in [2.45, 2.75) is 32.5 Å². The molecule has 0 aliphatic carbocycles. The number of rotatable bonds is 2. The van der Waals surface area contributed by atoms with Crippen LogP contribution >= 0.6 is 0 Å². The van der Waals surface area contributed by atoms with Gasteiger partial charge < -0.3 is 14.6 Å². The highest BCUT2D eigenvalue weighted by atomic mass is 16.7. The van der Waals surface area contributed by atoms with E-state index in [1.165, 1.54) is 6.42 Å². The topological polar surface area (TPSA) is 38.7 Å². The lowest BCUT2D eigenvalue weighted by atomic mass is 10.2. The van der Waals surface area contributed by atoms with Crippen molar-refractivity contribution in [1.29, 1.82) is 0 Å². The van der Waals surface area contributed by atoms with E-state index in [-0.39, 0.29) is 12.9 Å². The van der Waals surface area contributed by atoms with Gasteiger partial charge in [0.05, 0.1) is 19.8 Å². The van der Waals surface area contributed by atoms with Gasteiger partial charge in [-0.05, 0) is 31.8 Å². The summed E-state index contributed by atoms with van der Waals surface area (Å²) in [6, 6.07) is 0. The molecule has 0 unspecified atom stereocenters. The minimum Gasteiger partial charge on any atom is -0.392 e. The molecule has 1 fully saturated rings. The van der Waals surface area contributed by atoms with Crippen molar-refractivity contribution < 1.29 is 14.6 Å². The average Bonchev–Trinajstić information content (AvgIpc) is 2.03. The van der Waals surface area contributed by atoms with Crippen molar-refractivity contribution in [3.05, 3.63) is 11.6 Å². The van der Waals surface area contributed by atoms with E-state index in [1.807, 2.05) is 6.92 Å². The Morgan fingerprint density at radius 1 is 1.31 bits per heavy atom. The van der Waals surface area contributed by atoms with Crippen LogP contribution in [-0.2, 0) is 9.47 Å². The van der Waals surface area contributed by atoms with Gasteiger partial charge in [0.15, 0.2) is 6.29 Å². The molecule has 1 aliphatic rings. The van der Waals surface area contributed by atoms with Gasteiger partial charge in [0.1, 0.15) is 0 Å². The van der Waals surface area contributed by atoms with Crippen LogP contribution in [0.25, 0.3) is 0 Å². The first kappa shape index (κ1) is 10.7.